The van der Waals surface area contributed by atoms with Gasteiger partial charge in [0.05, 0.1) is 0 Å². The second-order valence-electron chi connectivity index (χ2n) is 9.95. The van der Waals surface area contributed by atoms with E-state index in [9.17, 15) is 14.4 Å². The topological polar surface area (TPSA) is 87.7 Å². The van der Waals surface area contributed by atoms with Gasteiger partial charge in [0.2, 0.25) is 11.8 Å². The molecular formula is C27H43N3O4. The Morgan fingerprint density at radius 3 is 2.09 bits per heavy atom. The van der Waals surface area contributed by atoms with E-state index in [1.54, 1.807) is 26.8 Å². The van der Waals surface area contributed by atoms with Crippen LogP contribution in [0.4, 0.5) is 4.79 Å². The largest absolute Gasteiger partial charge is 0.444 e. The van der Waals surface area contributed by atoms with Crippen molar-refractivity contribution in [1.29, 1.82) is 0 Å². The molecule has 7 heteroatoms. The van der Waals surface area contributed by atoms with Crippen LogP contribution in [-0.2, 0) is 20.7 Å². The summed E-state index contributed by atoms with van der Waals surface area (Å²) in [6.45, 7) is 18.9. The Labute approximate surface area is 205 Å². The molecule has 190 valence electrons. The fourth-order valence-corrected chi connectivity index (χ4v) is 3.53. The maximum atomic E-state index is 13.9. The van der Waals surface area contributed by atoms with Gasteiger partial charge in [-0.25, -0.2) is 4.79 Å². The number of hydrogen-bond acceptors (Lipinski definition) is 4. The normalized spacial score (nSPS) is 14.0. The van der Waals surface area contributed by atoms with E-state index in [1.807, 2.05) is 52.0 Å². The third kappa shape index (κ3) is 8.84. The van der Waals surface area contributed by atoms with Gasteiger partial charge >= 0.3 is 6.09 Å². The molecule has 0 heterocycles. The highest BCUT2D eigenvalue weighted by atomic mass is 16.6. The zero-order chi connectivity index (χ0) is 26.1. The first-order valence-electron chi connectivity index (χ1n) is 12.1. The Morgan fingerprint density at radius 2 is 1.65 bits per heavy atom. The number of amides is 3. The van der Waals surface area contributed by atoms with E-state index in [-0.39, 0.29) is 30.3 Å². The monoisotopic (exact) mass is 473 g/mol. The number of alkyl carbamates (subject to hydrolysis) is 1. The van der Waals surface area contributed by atoms with E-state index >= 15 is 0 Å². The van der Waals surface area contributed by atoms with E-state index in [4.69, 9.17) is 4.74 Å². The van der Waals surface area contributed by atoms with Crippen LogP contribution in [0.25, 0.3) is 0 Å². The lowest BCUT2D eigenvalue weighted by Gasteiger charge is -2.35. The zero-order valence-corrected chi connectivity index (χ0v) is 22.1. The Morgan fingerprint density at radius 1 is 1.06 bits per heavy atom. The molecule has 0 aliphatic carbocycles. The average Bonchev–Trinajstić information content (AvgIpc) is 2.74. The number of carbonyl (C=O) groups is 3. The smallest absolute Gasteiger partial charge is 0.408 e. The first-order chi connectivity index (χ1) is 15.8. The highest BCUT2D eigenvalue weighted by molar-refractivity contribution is 5.92. The summed E-state index contributed by atoms with van der Waals surface area (Å²) in [4.78, 5) is 41.3. The molecule has 0 radical (unpaired) electrons. The van der Waals surface area contributed by atoms with Gasteiger partial charge in [-0.1, -0.05) is 57.5 Å². The summed E-state index contributed by atoms with van der Waals surface area (Å²) < 4.78 is 5.40. The quantitative estimate of drug-likeness (QED) is 0.453. The molecule has 34 heavy (non-hydrogen) atoms. The molecule has 1 aromatic rings. The first kappa shape index (κ1) is 29.2. The Hall–Kier alpha value is -2.83. The number of carbonyl (C=O) groups excluding carboxylic acids is 3. The number of hydrogen-bond donors (Lipinski definition) is 2. The maximum Gasteiger partial charge on any atom is 0.408 e. The van der Waals surface area contributed by atoms with Crippen LogP contribution < -0.4 is 10.6 Å². The predicted molar refractivity (Wildman–Crippen MR) is 136 cm³/mol. The molecule has 0 fully saturated rings. The number of rotatable bonds is 11. The summed E-state index contributed by atoms with van der Waals surface area (Å²) in [5, 5.41) is 5.69. The Balaban J connectivity index is 3.45. The molecule has 7 nitrogen and oxygen atoms in total. The molecule has 0 aliphatic rings. The lowest BCUT2D eigenvalue weighted by molar-refractivity contribution is -0.143. The molecule has 3 unspecified atom stereocenters. The van der Waals surface area contributed by atoms with Crippen LogP contribution in [0.3, 0.4) is 0 Å². The van der Waals surface area contributed by atoms with Crippen LogP contribution in [-0.4, -0.2) is 47.0 Å². The van der Waals surface area contributed by atoms with Crippen LogP contribution in [0, 0.1) is 5.92 Å². The number of benzene rings is 1. The molecule has 0 saturated heterocycles. The van der Waals surface area contributed by atoms with Crippen LogP contribution in [0.5, 0.6) is 0 Å². The van der Waals surface area contributed by atoms with E-state index < -0.39 is 23.8 Å². The molecule has 3 amide bonds. The van der Waals surface area contributed by atoms with Gasteiger partial charge in [0.25, 0.3) is 0 Å². The minimum absolute atomic E-state index is 0.101. The highest BCUT2D eigenvalue weighted by Gasteiger charge is 2.37. The molecule has 0 aromatic heterocycles. The molecule has 0 saturated carbocycles. The zero-order valence-electron chi connectivity index (χ0n) is 22.1. The molecule has 0 spiro atoms. The Bertz CT molecular complexity index is 827. The second-order valence-corrected chi connectivity index (χ2v) is 9.95. The Kier molecular flexibility index (Phi) is 11.3. The summed E-state index contributed by atoms with van der Waals surface area (Å²) in [5.74, 6) is -0.818. The summed E-state index contributed by atoms with van der Waals surface area (Å²) in [5.41, 5.74) is 1.14. The van der Waals surface area contributed by atoms with Gasteiger partial charge in [0.1, 0.15) is 17.7 Å². The number of ether oxygens (including phenoxy) is 1. The van der Waals surface area contributed by atoms with Gasteiger partial charge in [-0.2, -0.15) is 0 Å². The van der Waals surface area contributed by atoms with Gasteiger partial charge in [-0.3, -0.25) is 9.59 Å². The van der Waals surface area contributed by atoms with Gasteiger partial charge in [-0.05, 0) is 58.1 Å². The SMILES string of the molecule is C=CCN(C(=O)C(NC(=O)OC(C)(C)C)C(C)CC)C(C(=O)NC(C)C)c1ccc(CC)cc1. The van der Waals surface area contributed by atoms with Crippen molar-refractivity contribution < 1.29 is 19.1 Å². The average molecular weight is 474 g/mol. The summed E-state index contributed by atoms with van der Waals surface area (Å²) in [6.07, 6.45) is 2.45. The van der Waals surface area contributed by atoms with Crippen molar-refractivity contribution in [2.45, 2.75) is 92.0 Å². The predicted octanol–water partition coefficient (Wildman–Crippen LogP) is 4.77. The van der Waals surface area contributed by atoms with Gasteiger partial charge in [0.15, 0.2) is 0 Å². The second kappa shape index (κ2) is 13.2. The van der Waals surface area contributed by atoms with E-state index in [0.717, 1.165) is 12.0 Å². The number of aryl methyl sites for hydroxylation is 1. The lowest BCUT2D eigenvalue weighted by atomic mass is 9.95. The highest BCUT2D eigenvalue weighted by Crippen LogP contribution is 2.25. The summed E-state index contributed by atoms with van der Waals surface area (Å²) in [7, 11) is 0. The van der Waals surface area contributed by atoms with Crippen molar-refractivity contribution in [3.05, 3.63) is 48.0 Å². The van der Waals surface area contributed by atoms with Crippen molar-refractivity contribution in [2.75, 3.05) is 6.54 Å². The molecule has 2 N–H and O–H groups in total. The standard InChI is InChI=1S/C27H43N3O4/c1-10-17-30(25(32)22(19(6)11-2)29-26(33)34-27(7,8)9)23(24(31)28-18(4)5)21-15-13-20(12-3)14-16-21/h10,13-16,18-19,22-23H,1,11-12,17H2,2-9H3,(H,28,31)(H,29,33). The van der Waals surface area contributed by atoms with Crippen LogP contribution >= 0.6 is 0 Å². The number of nitrogens with one attached hydrogen (secondary N) is 2. The molecule has 1 aromatic carbocycles. The summed E-state index contributed by atoms with van der Waals surface area (Å²) >= 11 is 0. The first-order valence-corrected chi connectivity index (χ1v) is 12.1. The number of nitrogens with zero attached hydrogens (tertiary/aromatic N) is 1. The molecule has 3 atom stereocenters. The third-order valence-electron chi connectivity index (χ3n) is 5.45. The molecule has 0 aliphatic heterocycles. The maximum absolute atomic E-state index is 13.9. The molecular weight excluding hydrogens is 430 g/mol. The van der Waals surface area contributed by atoms with Crippen molar-refractivity contribution in [3.8, 4) is 0 Å². The van der Waals surface area contributed by atoms with Crippen molar-refractivity contribution in [2.24, 2.45) is 5.92 Å². The minimum Gasteiger partial charge on any atom is -0.444 e. The van der Waals surface area contributed by atoms with Crippen LogP contribution in [0.2, 0.25) is 0 Å². The summed E-state index contributed by atoms with van der Waals surface area (Å²) in [6, 6.07) is 5.86. The van der Waals surface area contributed by atoms with Gasteiger partial charge in [0, 0.05) is 12.6 Å². The lowest BCUT2D eigenvalue weighted by Crippen LogP contribution is -2.55. The van der Waals surface area contributed by atoms with Crippen molar-refractivity contribution in [3.63, 3.8) is 0 Å². The van der Waals surface area contributed by atoms with Crippen LogP contribution in [0.15, 0.2) is 36.9 Å². The fourth-order valence-electron chi connectivity index (χ4n) is 3.53. The van der Waals surface area contributed by atoms with Crippen LogP contribution in [0.1, 0.15) is 79.0 Å². The van der Waals surface area contributed by atoms with Gasteiger partial charge in [-0.15, -0.1) is 6.58 Å². The molecule has 1 rings (SSSR count). The third-order valence-corrected chi connectivity index (χ3v) is 5.45. The van der Waals surface area contributed by atoms with Gasteiger partial charge < -0.3 is 20.3 Å². The van der Waals surface area contributed by atoms with Crippen molar-refractivity contribution in [1.82, 2.24) is 15.5 Å². The van der Waals surface area contributed by atoms with E-state index in [2.05, 4.69) is 24.1 Å². The molecule has 0 bridgehead atoms. The minimum atomic E-state index is -0.870. The van der Waals surface area contributed by atoms with E-state index in [0.29, 0.717) is 12.0 Å². The van der Waals surface area contributed by atoms with Crippen molar-refractivity contribution >= 4 is 17.9 Å². The fraction of sp³-hybridized carbons (Fsp3) is 0.593. The van der Waals surface area contributed by atoms with E-state index in [1.165, 1.54) is 4.90 Å².